The SMILES string of the molecule is Cc1ccc(N2C(=O)[C@H]3C(c4ccccc4Cl)=NO[C@@H]3C2=O)cc1. The first-order chi connectivity index (χ1) is 11.6. The smallest absolute Gasteiger partial charge is 0.278 e. The maximum Gasteiger partial charge on any atom is 0.278 e. The largest absolute Gasteiger partial charge is 0.381 e. The number of anilines is 1. The van der Waals surface area contributed by atoms with Crippen molar-refractivity contribution in [2.45, 2.75) is 13.0 Å². The van der Waals surface area contributed by atoms with Crippen molar-refractivity contribution in [2.75, 3.05) is 4.90 Å². The van der Waals surface area contributed by atoms with Gasteiger partial charge >= 0.3 is 0 Å². The summed E-state index contributed by atoms with van der Waals surface area (Å²) in [6.45, 7) is 1.94. The molecule has 2 aliphatic heterocycles. The molecule has 0 aliphatic carbocycles. The van der Waals surface area contributed by atoms with Crippen molar-refractivity contribution >= 4 is 34.8 Å². The molecule has 5 nitrogen and oxygen atoms in total. The molecule has 6 heteroatoms. The van der Waals surface area contributed by atoms with Crippen LogP contribution >= 0.6 is 11.6 Å². The van der Waals surface area contributed by atoms with Crippen molar-refractivity contribution in [3.05, 3.63) is 64.7 Å². The summed E-state index contributed by atoms with van der Waals surface area (Å²) in [7, 11) is 0. The van der Waals surface area contributed by atoms with Crippen LogP contribution in [0.4, 0.5) is 5.69 Å². The molecule has 2 amide bonds. The average molecular weight is 341 g/mol. The van der Waals surface area contributed by atoms with Gasteiger partial charge in [0.15, 0.2) is 0 Å². The molecular weight excluding hydrogens is 328 g/mol. The molecule has 120 valence electrons. The lowest BCUT2D eigenvalue weighted by molar-refractivity contribution is -0.126. The molecule has 2 heterocycles. The van der Waals surface area contributed by atoms with E-state index in [0.29, 0.717) is 22.0 Å². The van der Waals surface area contributed by atoms with Gasteiger partial charge in [-0.25, -0.2) is 4.90 Å². The second-order valence-electron chi connectivity index (χ2n) is 5.81. The van der Waals surface area contributed by atoms with Crippen LogP contribution in [0, 0.1) is 12.8 Å². The molecule has 2 aromatic rings. The van der Waals surface area contributed by atoms with E-state index in [1.165, 1.54) is 4.90 Å². The van der Waals surface area contributed by atoms with Gasteiger partial charge in [-0.15, -0.1) is 0 Å². The highest BCUT2D eigenvalue weighted by Crippen LogP contribution is 2.36. The van der Waals surface area contributed by atoms with E-state index >= 15 is 0 Å². The first kappa shape index (κ1) is 14.9. The van der Waals surface area contributed by atoms with Crippen LogP contribution in [0.15, 0.2) is 53.7 Å². The molecule has 0 N–H and O–H groups in total. The van der Waals surface area contributed by atoms with Crippen LogP contribution < -0.4 is 4.90 Å². The number of carbonyl (C=O) groups is 2. The van der Waals surface area contributed by atoms with Gasteiger partial charge < -0.3 is 4.84 Å². The summed E-state index contributed by atoms with van der Waals surface area (Å²) in [6.07, 6.45) is -0.926. The number of imide groups is 1. The number of hydrogen-bond acceptors (Lipinski definition) is 4. The standard InChI is InChI=1S/C18H13ClN2O3/c1-10-6-8-11(9-7-10)21-17(22)14-15(20-24-16(14)18(21)23)12-4-2-3-5-13(12)19/h2-9,14,16H,1H3/t14-,16-/m0/s1. The van der Waals surface area contributed by atoms with Gasteiger partial charge in [0, 0.05) is 10.6 Å². The van der Waals surface area contributed by atoms with Gasteiger partial charge in [0.05, 0.1) is 5.69 Å². The minimum atomic E-state index is -0.926. The van der Waals surface area contributed by atoms with Gasteiger partial charge in [-0.3, -0.25) is 9.59 Å². The van der Waals surface area contributed by atoms with Crippen molar-refractivity contribution in [2.24, 2.45) is 11.1 Å². The molecule has 2 aliphatic rings. The van der Waals surface area contributed by atoms with Crippen molar-refractivity contribution in [1.29, 1.82) is 0 Å². The summed E-state index contributed by atoms with van der Waals surface area (Å²) in [5.74, 6) is -1.51. The Morgan fingerprint density at radius 3 is 2.46 bits per heavy atom. The van der Waals surface area contributed by atoms with E-state index in [1.54, 1.807) is 36.4 Å². The number of aryl methyl sites for hydroxylation is 1. The van der Waals surface area contributed by atoms with Crippen LogP contribution in [0.3, 0.4) is 0 Å². The minimum Gasteiger partial charge on any atom is -0.381 e. The minimum absolute atomic E-state index is 0.343. The lowest BCUT2D eigenvalue weighted by atomic mass is 9.94. The Balaban J connectivity index is 1.73. The molecule has 1 saturated heterocycles. The van der Waals surface area contributed by atoms with Gasteiger partial charge in [-0.1, -0.05) is 52.7 Å². The predicted octanol–water partition coefficient (Wildman–Crippen LogP) is 2.94. The lowest BCUT2D eigenvalue weighted by Gasteiger charge is -2.15. The Morgan fingerprint density at radius 1 is 1.04 bits per heavy atom. The number of carbonyl (C=O) groups excluding carboxylic acids is 2. The molecule has 24 heavy (non-hydrogen) atoms. The van der Waals surface area contributed by atoms with Crippen LogP contribution in [0.25, 0.3) is 0 Å². The van der Waals surface area contributed by atoms with E-state index in [4.69, 9.17) is 16.4 Å². The van der Waals surface area contributed by atoms with Crippen molar-refractivity contribution in [3.63, 3.8) is 0 Å². The normalized spacial score (nSPS) is 22.4. The fraction of sp³-hybridized carbons (Fsp3) is 0.167. The number of oxime groups is 1. The Morgan fingerprint density at radius 2 is 1.75 bits per heavy atom. The third kappa shape index (κ3) is 2.12. The highest BCUT2D eigenvalue weighted by molar-refractivity contribution is 6.38. The first-order valence-electron chi connectivity index (χ1n) is 7.51. The quantitative estimate of drug-likeness (QED) is 0.790. The Hall–Kier alpha value is -2.66. The summed E-state index contributed by atoms with van der Waals surface area (Å²) in [6, 6.07) is 14.3. The molecule has 0 unspecified atom stereocenters. The van der Waals surface area contributed by atoms with E-state index in [-0.39, 0.29) is 5.91 Å². The zero-order chi connectivity index (χ0) is 16.8. The van der Waals surface area contributed by atoms with E-state index < -0.39 is 17.9 Å². The highest BCUT2D eigenvalue weighted by atomic mass is 35.5. The van der Waals surface area contributed by atoms with Gasteiger partial charge in [0.1, 0.15) is 11.6 Å². The fourth-order valence-electron chi connectivity index (χ4n) is 3.02. The van der Waals surface area contributed by atoms with Crippen LogP contribution in [-0.2, 0) is 14.4 Å². The molecular formula is C18H13ClN2O3. The molecule has 0 radical (unpaired) electrons. The van der Waals surface area contributed by atoms with Gasteiger partial charge in [0.25, 0.3) is 5.91 Å². The molecule has 0 bridgehead atoms. The number of hydrogen-bond donors (Lipinski definition) is 0. The number of benzene rings is 2. The van der Waals surface area contributed by atoms with E-state index in [2.05, 4.69) is 5.16 Å². The first-order valence-corrected chi connectivity index (χ1v) is 7.89. The monoisotopic (exact) mass is 340 g/mol. The number of nitrogens with zero attached hydrogens (tertiary/aromatic N) is 2. The Kier molecular flexibility index (Phi) is 3.39. The Bertz CT molecular complexity index is 876. The topological polar surface area (TPSA) is 59.0 Å². The third-order valence-corrected chi connectivity index (χ3v) is 4.58. The maximum atomic E-state index is 12.9. The summed E-state index contributed by atoms with van der Waals surface area (Å²) >= 11 is 6.20. The van der Waals surface area contributed by atoms with E-state index in [9.17, 15) is 9.59 Å². The van der Waals surface area contributed by atoms with Crippen molar-refractivity contribution in [3.8, 4) is 0 Å². The van der Waals surface area contributed by atoms with Crippen LogP contribution in [0.2, 0.25) is 5.02 Å². The zero-order valence-corrected chi connectivity index (χ0v) is 13.5. The van der Waals surface area contributed by atoms with Gasteiger partial charge in [-0.2, -0.15) is 0 Å². The number of halogens is 1. The summed E-state index contributed by atoms with van der Waals surface area (Å²) in [5, 5.41) is 4.43. The summed E-state index contributed by atoms with van der Waals surface area (Å²) in [4.78, 5) is 31.9. The zero-order valence-electron chi connectivity index (χ0n) is 12.8. The number of amides is 2. The lowest BCUT2D eigenvalue weighted by Crippen LogP contribution is -2.33. The van der Waals surface area contributed by atoms with Crippen molar-refractivity contribution < 1.29 is 14.4 Å². The second-order valence-corrected chi connectivity index (χ2v) is 6.21. The van der Waals surface area contributed by atoms with Crippen LogP contribution in [-0.4, -0.2) is 23.6 Å². The molecule has 2 atom stereocenters. The maximum absolute atomic E-state index is 12.9. The molecule has 4 rings (SSSR count). The van der Waals surface area contributed by atoms with E-state index in [1.807, 2.05) is 19.1 Å². The molecule has 0 saturated carbocycles. The third-order valence-electron chi connectivity index (χ3n) is 4.25. The number of fused-ring (bicyclic) bond motifs is 1. The number of rotatable bonds is 2. The Labute approximate surface area is 143 Å². The second kappa shape index (κ2) is 5.46. The van der Waals surface area contributed by atoms with Gasteiger partial charge in [0.2, 0.25) is 12.0 Å². The highest BCUT2D eigenvalue weighted by Gasteiger charge is 2.56. The summed E-state index contributed by atoms with van der Waals surface area (Å²) < 4.78 is 0. The average Bonchev–Trinajstić information content (AvgIpc) is 3.10. The molecule has 0 spiro atoms. The fourth-order valence-corrected chi connectivity index (χ4v) is 3.25. The van der Waals surface area contributed by atoms with Gasteiger partial charge in [-0.05, 0) is 25.1 Å². The van der Waals surface area contributed by atoms with E-state index in [0.717, 1.165) is 5.56 Å². The molecule has 1 fully saturated rings. The van der Waals surface area contributed by atoms with Crippen molar-refractivity contribution in [1.82, 2.24) is 0 Å². The summed E-state index contributed by atoms with van der Waals surface area (Å²) in [5.41, 5.74) is 2.59. The molecule has 0 aromatic heterocycles. The predicted molar refractivity (Wildman–Crippen MR) is 90.0 cm³/mol. The molecule has 2 aromatic carbocycles. The van der Waals surface area contributed by atoms with Crippen LogP contribution in [0.1, 0.15) is 11.1 Å². The van der Waals surface area contributed by atoms with Crippen LogP contribution in [0.5, 0.6) is 0 Å².